The molecule has 6 nitrogen and oxygen atoms in total. The summed E-state index contributed by atoms with van der Waals surface area (Å²) < 4.78 is 0. The number of hydrogen-bond donors (Lipinski definition) is 3. The molecule has 0 spiro atoms. The SMILES string of the molecule is C=CC(=O)O.C=CC(=O)O.C=CC(=O)O.[Al+3].[Al+3]. The average Bonchev–Trinajstić information content (AvgIpc) is 2.19. The fourth-order valence-corrected chi connectivity index (χ4v) is 0. The first-order chi connectivity index (χ1) is 6.81. The van der Waals surface area contributed by atoms with Crippen molar-refractivity contribution in [3.63, 3.8) is 0 Å². The Bertz CT molecular complexity index is 219. The van der Waals surface area contributed by atoms with E-state index in [-0.39, 0.29) is 34.7 Å². The fraction of sp³-hybridized carbons (Fsp3) is 0. The predicted octanol–water partition coefficient (Wildman–Crippen LogP) is 0.00940. The second kappa shape index (κ2) is 24.1. The molecule has 0 saturated heterocycles. The Morgan fingerprint density at radius 2 is 0.706 bits per heavy atom. The summed E-state index contributed by atoms with van der Waals surface area (Å²) in [5.41, 5.74) is 0. The first kappa shape index (κ1) is 29.6. The zero-order valence-corrected chi connectivity index (χ0v) is 11.4. The van der Waals surface area contributed by atoms with E-state index >= 15 is 0 Å². The number of carboxylic acids is 3. The van der Waals surface area contributed by atoms with Crippen LogP contribution >= 0.6 is 0 Å². The van der Waals surface area contributed by atoms with E-state index in [1.807, 2.05) is 0 Å². The van der Waals surface area contributed by atoms with Crippen molar-refractivity contribution in [1.29, 1.82) is 0 Å². The largest absolute Gasteiger partial charge is 3.00 e. The van der Waals surface area contributed by atoms with Crippen LogP contribution in [0.25, 0.3) is 0 Å². The molecule has 0 aliphatic carbocycles. The Balaban J connectivity index is -0.0000000400. The Labute approximate surface area is 120 Å². The number of aliphatic carboxylic acids is 3. The van der Waals surface area contributed by atoms with Crippen LogP contribution in [0.15, 0.2) is 38.0 Å². The monoisotopic (exact) mass is 270 g/mol. The van der Waals surface area contributed by atoms with Gasteiger partial charge in [-0.05, 0) is 0 Å². The van der Waals surface area contributed by atoms with Crippen molar-refractivity contribution in [2.24, 2.45) is 0 Å². The molecule has 0 unspecified atom stereocenters. The maximum absolute atomic E-state index is 9.25. The second-order valence-electron chi connectivity index (χ2n) is 1.63. The number of carboxylic acid groups (broad SMARTS) is 3. The summed E-state index contributed by atoms with van der Waals surface area (Å²) >= 11 is 0. The molecule has 3 N–H and O–H groups in total. The molecular formula is C9H12Al2O6+6. The molecule has 0 fully saturated rings. The standard InChI is InChI=1S/3C3H4O2.2Al/c3*1-2-3(4)5;;/h3*2H,1H2,(H,4,5);;/q;;;2*+3. The van der Waals surface area contributed by atoms with Gasteiger partial charge in [-0.1, -0.05) is 19.7 Å². The molecule has 0 heterocycles. The van der Waals surface area contributed by atoms with E-state index in [1.54, 1.807) is 0 Å². The van der Waals surface area contributed by atoms with Crippen LogP contribution < -0.4 is 0 Å². The van der Waals surface area contributed by atoms with Crippen LogP contribution in [0.5, 0.6) is 0 Å². The van der Waals surface area contributed by atoms with E-state index in [2.05, 4.69) is 19.7 Å². The van der Waals surface area contributed by atoms with Crippen molar-refractivity contribution in [1.82, 2.24) is 0 Å². The van der Waals surface area contributed by atoms with Crippen molar-refractivity contribution in [2.75, 3.05) is 0 Å². The molecule has 0 aliphatic heterocycles. The zero-order valence-electron chi connectivity index (χ0n) is 9.07. The van der Waals surface area contributed by atoms with E-state index in [0.717, 1.165) is 18.2 Å². The van der Waals surface area contributed by atoms with Gasteiger partial charge in [-0.25, -0.2) is 14.4 Å². The van der Waals surface area contributed by atoms with E-state index in [0.29, 0.717) is 0 Å². The van der Waals surface area contributed by atoms with E-state index < -0.39 is 17.9 Å². The molecule has 0 saturated carbocycles. The molecule has 8 heteroatoms. The molecule has 0 aliphatic rings. The summed E-state index contributed by atoms with van der Waals surface area (Å²) in [5.74, 6) is -2.94. The predicted molar refractivity (Wildman–Crippen MR) is 65.0 cm³/mol. The molecular weight excluding hydrogens is 258 g/mol. The molecule has 84 valence electrons. The van der Waals surface area contributed by atoms with Crippen molar-refractivity contribution >= 4 is 52.6 Å². The number of hydrogen-bond acceptors (Lipinski definition) is 3. The van der Waals surface area contributed by atoms with Gasteiger partial charge in [0, 0.05) is 18.2 Å². The summed E-state index contributed by atoms with van der Waals surface area (Å²) in [5, 5.41) is 22.8. The third-order valence-electron chi connectivity index (χ3n) is 0.524. The number of rotatable bonds is 3. The van der Waals surface area contributed by atoms with E-state index in [4.69, 9.17) is 15.3 Å². The Hall–Kier alpha value is -1.31. The third kappa shape index (κ3) is 107. The van der Waals surface area contributed by atoms with Gasteiger partial charge in [0.2, 0.25) is 0 Å². The molecule has 0 aromatic carbocycles. The quantitative estimate of drug-likeness (QED) is 0.492. The van der Waals surface area contributed by atoms with E-state index in [9.17, 15) is 14.4 Å². The molecule has 0 aromatic rings. The second-order valence-corrected chi connectivity index (χ2v) is 1.63. The summed E-state index contributed by atoms with van der Waals surface area (Å²) in [6, 6.07) is 0. The smallest absolute Gasteiger partial charge is 0.478 e. The number of carbonyl (C=O) groups is 3. The van der Waals surface area contributed by atoms with Crippen LogP contribution in [0.1, 0.15) is 0 Å². The minimum absolute atomic E-state index is 0. The molecule has 0 radical (unpaired) electrons. The minimum Gasteiger partial charge on any atom is -0.478 e. The van der Waals surface area contributed by atoms with Gasteiger partial charge in [0.05, 0.1) is 0 Å². The molecule has 17 heavy (non-hydrogen) atoms. The Morgan fingerprint density at radius 3 is 0.706 bits per heavy atom. The van der Waals surface area contributed by atoms with Gasteiger partial charge in [0.1, 0.15) is 0 Å². The van der Waals surface area contributed by atoms with Crippen LogP contribution in [0.3, 0.4) is 0 Å². The van der Waals surface area contributed by atoms with E-state index in [1.165, 1.54) is 0 Å². The Morgan fingerprint density at radius 1 is 0.647 bits per heavy atom. The minimum atomic E-state index is -0.981. The first-order valence-electron chi connectivity index (χ1n) is 3.37. The van der Waals surface area contributed by atoms with Crippen LogP contribution in [-0.4, -0.2) is 67.9 Å². The molecule has 0 amide bonds. The maximum Gasteiger partial charge on any atom is 3.00 e. The van der Waals surface area contributed by atoms with Gasteiger partial charge in [0.15, 0.2) is 0 Å². The first-order valence-corrected chi connectivity index (χ1v) is 3.37. The summed E-state index contributed by atoms with van der Waals surface area (Å²) in [4.78, 5) is 27.8. The topological polar surface area (TPSA) is 112 Å². The van der Waals surface area contributed by atoms with Crippen LogP contribution in [0.2, 0.25) is 0 Å². The van der Waals surface area contributed by atoms with Gasteiger partial charge in [-0.2, -0.15) is 0 Å². The van der Waals surface area contributed by atoms with Crippen LogP contribution in [0.4, 0.5) is 0 Å². The fourth-order valence-electron chi connectivity index (χ4n) is 0. The summed E-state index contributed by atoms with van der Waals surface area (Å²) in [6.45, 7) is 8.88. The van der Waals surface area contributed by atoms with Gasteiger partial charge >= 0.3 is 52.6 Å². The van der Waals surface area contributed by atoms with Gasteiger partial charge in [-0.15, -0.1) is 0 Å². The molecule has 0 atom stereocenters. The molecule has 0 bridgehead atoms. The van der Waals surface area contributed by atoms with Crippen molar-refractivity contribution in [2.45, 2.75) is 0 Å². The van der Waals surface area contributed by atoms with Crippen LogP contribution in [0, 0.1) is 0 Å². The van der Waals surface area contributed by atoms with Crippen molar-refractivity contribution in [3.8, 4) is 0 Å². The third-order valence-corrected chi connectivity index (χ3v) is 0.524. The Kier molecular flexibility index (Phi) is 42.0. The average molecular weight is 270 g/mol. The maximum atomic E-state index is 9.25. The van der Waals surface area contributed by atoms with Gasteiger partial charge in [0.25, 0.3) is 0 Å². The van der Waals surface area contributed by atoms with Crippen molar-refractivity contribution < 1.29 is 29.7 Å². The van der Waals surface area contributed by atoms with Gasteiger partial charge in [-0.3, -0.25) is 0 Å². The van der Waals surface area contributed by atoms with Crippen molar-refractivity contribution in [3.05, 3.63) is 38.0 Å². The van der Waals surface area contributed by atoms with Crippen LogP contribution in [-0.2, 0) is 14.4 Å². The summed E-state index contributed by atoms with van der Waals surface area (Å²) in [6.07, 6.45) is 2.50. The normalized spacial score (nSPS) is 5.65. The van der Waals surface area contributed by atoms with Gasteiger partial charge < -0.3 is 15.3 Å². The summed E-state index contributed by atoms with van der Waals surface area (Å²) in [7, 11) is 0. The molecule has 0 aromatic heterocycles. The molecule has 0 rings (SSSR count). The zero-order chi connectivity index (χ0) is 12.9.